The number of aromatic nitrogens is 5. The summed E-state index contributed by atoms with van der Waals surface area (Å²) >= 11 is 7.04. The zero-order valence-electron chi connectivity index (χ0n) is 22.3. The first kappa shape index (κ1) is 28.2. The highest BCUT2D eigenvalue weighted by Gasteiger charge is 2.26. The molecular formula is C27H24ClF2N7O3S. The van der Waals surface area contributed by atoms with Crippen LogP contribution in [-0.4, -0.2) is 36.4 Å². The van der Waals surface area contributed by atoms with Crippen LogP contribution in [0.2, 0.25) is 5.02 Å². The molecule has 14 heteroatoms. The minimum absolute atomic E-state index is 0.0203. The van der Waals surface area contributed by atoms with Crippen LogP contribution in [0.4, 0.5) is 14.5 Å². The second kappa shape index (κ2) is 10.9. The van der Waals surface area contributed by atoms with Crippen molar-refractivity contribution in [1.82, 2.24) is 24.5 Å². The third kappa shape index (κ3) is 5.50. The molecule has 0 radical (unpaired) electrons. The van der Waals surface area contributed by atoms with Crippen LogP contribution in [0.15, 0.2) is 36.7 Å². The Hall–Kier alpha value is -4.36. The van der Waals surface area contributed by atoms with Crippen molar-refractivity contribution in [2.24, 2.45) is 12.8 Å². The van der Waals surface area contributed by atoms with Crippen LogP contribution >= 0.6 is 22.9 Å². The molecule has 4 aromatic heterocycles. The number of anilines is 1. The molecular weight excluding hydrogens is 576 g/mol. The Kier molecular flexibility index (Phi) is 7.49. The van der Waals surface area contributed by atoms with E-state index in [1.165, 1.54) is 16.8 Å². The minimum atomic E-state index is -2.86. The molecule has 5 aromatic rings. The second-order valence-corrected chi connectivity index (χ2v) is 10.8. The molecule has 0 saturated heterocycles. The van der Waals surface area contributed by atoms with Crippen LogP contribution in [0.1, 0.15) is 49.1 Å². The number of alkyl halides is 2. The number of benzene rings is 1. The lowest BCUT2D eigenvalue weighted by molar-refractivity contribution is 0.100. The summed E-state index contributed by atoms with van der Waals surface area (Å²) in [6, 6.07) is 6.31. The van der Waals surface area contributed by atoms with Crippen molar-refractivity contribution in [3.8, 4) is 16.9 Å². The van der Waals surface area contributed by atoms with Gasteiger partial charge >= 0.3 is 0 Å². The number of rotatable bonds is 8. The van der Waals surface area contributed by atoms with Crippen molar-refractivity contribution >= 4 is 50.7 Å². The maximum absolute atomic E-state index is 13.8. The number of nitrogens with two attached hydrogens (primary N) is 1. The Morgan fingerprint density at radius 2 is 1.85 bits per heavy atom. The molecule has 0 aliphatic rings. The van der Waals surface area contributed by atoms with E-state index in [1.54, 1.807) is 43.2 Å². The quantitative estimate of drug-likeness (QED) is 0.232. The molecule has 10 nitrogen and oxygen atoms in total. The average Bonchev–Trinajstić information content (AvgIpc) is 3.62. The summed E-state index contributed by atoms with van der Waals surface area (Å²) in [5.41, 5.74) is 8.42. The van der Waals surface area contributed by atoms with E-state index in [-0.39, 0.29) is 27.8 Å². The van der Waals surface area contributed by atoms with E-state index >= 15 is 0 Å². The summed E-state index contributed by atoms with van der Waals surface area (Å²) in [5, 5.41) is 12.2. The second-order valence-electron chi connectivity index (χ2n) is 9.39. The number of nitrogens with one attached hydrogen (secondary N) is 1. The van der Waals surface area contributed by atoms with Crippen molar-refractivity contribution < 1.29 is 23.1 Å². The Morgan fingerprint density at radius 1 is 1.15 bits per heavy atom. The highest BCUT2D eigenvalue weighted by atomic mass is 35.5. The lowest BCUT2D eigenvalue weighted by Gasteiger charge is -2.10. The summed E-state index contributed by atoms with van der Waals surface area (Å²) in [6.45, 7) is 5.49. The van der Waals surface area contributed by atoms with Gasteiger partial charge in [0.2, 0.25) is 0 Å². The predicted octanol–water partition coefficient (Wildman–Crippen LogP) is 5.80. The Labute approximate surface area is 241 Å². The molecule has 4 heterocycles. The number of ether oxygens (including phenoxy) is 1. The monoisotopic (exact) mass is 599 g/mol. The minimum Gasteiger partial charge on any atom is -0.471 e. The number of nitrogens with zero attached hydrogens (tertiary/aromatic N) is 5. The molecule has 0 aliphatic carbocycles. The largest absolute Gasteiger partial charge is 0.471 e. The Morgan fingerprint density at radius 3 is 2.46 bits per heavy atom. The van der Waals surface area contributed by atoms with E-state index in [1.807, 2.05) is 13.8 Å². The molecule has 5 rings (SSSR count). The number of fused-ring (bicyclic) bond motifs is 1. The van der Waals surface area contributed by atoms with E-state index in [9.17, 15) is 18.4 Å². The Bertz CT molecular complexity index is 1810. The van der Waals surface area contributed by atoms with Crippen molar-refractivity contribution in [2.75, 3.05) is 5.32 Å². The maximum atomic E-state index is 13.8. The zero-order chi connectivity index (χ0) is 29.6. The van der Waals surface area contributed by atoms with Gasteiger partial charge in [-0.2, -0.15) is 10.2 Å². The fourth-order valence-corrected chi connectivity index (χ4v) is 5.58. The van der Waals surface area contributed by atoms with Crippen LogP contribution in [0.3, 0.4) is 0 Å². The Balaban J connectivity index is 1.49. The number of pyridine rings is 1. The van der Waals surface area contributed by atoms with Gasteiger partial charge in [0, 0.05) is 35.4 Å². The third-order valence-corrected chi connectivity index (χ3v) is 8.01. The van der Waals surface area contributed by atoms with Crippen molar-refractivity contribution in [3.63, 3.8) is 0 Å². The van der Waals surface area contributed by atoms with Gasteiger partial charge in [-0.25, -0.2) is 18.4 Å². The zero-order valence-corrected chi connectivity index (χ0v) is 23.9. The summed E-state index contributed by atoms with van der Waals surface area (Å²) in [6.07, 6.45) is 0.364. The molecule has 0 spiro atoms. The molecule has 2 amide bonds. The van der Waals surface area contributed by atoms with Gasteiger partial charge < -0.3 is 15.8 Å². The molecule has 0 bridgehead atoms. The fraction of sp³-hybridized carbons (Fsp3) is 0.222. The van der Waals surface area contributed by atoms with E-state index in [0.29, 0.717) is 33.0 Å². The molecule has 0 saturated carbocycles. The molecule has 0 atom stereocenters. The number of primary amides is 1. The maximum Gasteiger partial charge on any atom is 0.280 e. The first-order chi connectivity index (χ1) is 19.4. The molecule has 0 fully saturated rings. The number of hydrogen-bond acceptors (Lipinski definition) is 7. The lowest BCUT2D eigenvalue weighted by Crippen LogP contribution is -2.18. The van der Waals surface area contributed by atoms with Crippen LogP contribution in [-0.2, 0) is 13.8 Å². The number of amides is 2. The molecule has 41 heavy (non-hydrogen) atoms. The van der Waals surface area contributed by atoms with E-state index in [0.717, 1.165) is 22.5 Å². The molecule has 212 valence electrons. The standard InChI is InChI=1S/C27H24ClF2N7O3S/c1-12-7-15(8-13(2)21(12)28)40-11-37-6-5-18(35-37)26(39)33-22-20-16(17-10-36(4)34-14(17)3)9-19(24(29)30)32-27(20)41-23(22)25(31)38/h5-10,24H,11H2,1-4H3,(H2,31,38)(H,33,39). The molecule has 0 unspecified atom stereocenters. The highest BCUT2D eigenvalue weighted by Crippen LogP contribution is 2.43. The van der Waals surface area contributed by atoms with Gasteiger partial charge in [0.15, 0.2) is 12.4 Å². The summed E-state index contributed by atoms with van der Waals surface area (Å²) in [7, 11) is 1.70. The van der Waals surface area contributed by atoms with Gasteiger partial charge in [0.05, 0.1) is 11.4 Å². The van der Waals surface area contributed by atoms with E-state index in [4.69, 9.17) is 22.1 Å². The van der Waals surface area contributed by atoms with Crippen LogP contribution < -0.4 is 15.8 Å². The van der Waals surface area contributed by atoms with Gasteiger partial charge in [0.25, 0.3) is 18.2 Å². The number of halogens is 3. The van der Waals surface area contributed by atoms with Crippen molar-refractivity contribution in [1.29, 1.82) is 0 Å². The highest BCUT2D eigenvalue weighted by molar-refractivity contribution is 7.21. The van der Waals surface area contributed by atoms with Crippen LogP contribution in [0, 0.1) is 20.8 Å². The topological polar surface area (TPSA) is 130 Å². The average molecular weight is 600 g/mol. The number of hydrogen-bond donors (Lipinski definition) is 2. The number of carbonyl (C=O) groups excluding carboxylic acids is 2. The number of carbonyl (C=O) groups is 2. The first-order valence-electron chi connectivity index (χ1n) is 12.2. The molecule has 0 aliphatic heterocycles. The summed E-state index contributed by atoms with van der Waals surface area (Å²) in [5.74, 6) is -0.894. The van der Waals surface area contributed by atoms with Crippen LogP contribution in [0.5, 0.6) is 5.75 Å². The smallest absolute Gasteiger partial charge is 0.280 e. The van der Waals surface area contributed by atoms with E-state index in [2.05, 4.69) is 20.5 Å². The normalized spacial score (nSPS) is 11.4. The fourth-order valence-electron chi connectivity index (χ4n) is 4.46. The van der Waals surface area contributed by atoms with Gasteiger partial charge in [-0.3, -0.25) is 14.3 Å². The van der Waals surface area contributed by atoms with Crippen LogP contribution in [0.25, 0.3) is 21.3 Å². The summed E-state index contributed by atoms with van der Waals surface area (Å²) < 4.78 is 36.3. The van der Waals surface area contributed by atoms with Gasteiger partial charge in [-0.1, -0.05) is 11.6 Å². The first-order valence-corrected chi connectivity index (χ1v) is 13.4. The predicted molar refractivity (Wildman–Crippen MR) is 152 cm³/mol. The molecule has 1 aromatic carbocycles. The number of thiophene rings is 1. The van der Waals surface area contributed by atoms with Crippen molar-refractivity contribution in [3.05, 3.63) is 74.8 Å². The van der Waals surface area contributed by atoms with Gasteiger partial charge in [-0.15, -0.1) is 11.3 Å². The van der Waals surface area contributed by atoms with E-state index < -0.39 is 23.9 Å². The summed E-state index contributed by atoms with van der Waals surface area (Å²) in [4.78, 5) is 29.8. The lowest BCUT2D eigenvalue weighted by atomic mass is 10.0. The molecule has 3 N–H and O–H groups in total. The van der Waals surface area contributed by atoms with Gasteiger partial charge in [-0.05, 0) is 61.7 Å². The van der Waals surface area contributed by atoms with Crippen molar-refractivity contribution in [2.45, 2.75) is 33.9 Å². The van der Waals surface area contributed by atoms with Gasteiger partial charge in [0.1, 0.15) is 21.2 Å². The SMILES string of the molecule is Cc1cc(OCn2ccc(C(=O)Nc3c(C(N)=O)sc4nc(C(F)F)cc(-c5cn(C)nc5C)c34)n2)cc(C)c1Cl. The third-order valence-electron chi connectivity index (χ3n) is 6.32. The number of aryl methyl sites for hydroxylation is 4.